The first-order chi connectivity index (χ1) is 13.7. The summed E-state index contributed by atoms with van der Waals surface area (Å²) in [5.74, 6) is 1.46. The molecule has 0 N–H and O–H groups in total. The molecule has 0 unspecified atom stereocenters. The van der Waals surface area contributed by atoms with E-state index in [1.165, 1.54) is 29.4 Å². The maximum atomic E-state index is 12.6. The Labute approximate surface area is 169 Å². The third-order valence-corrected chi connectivity index (χ3v) is 5.74. The van der Waals surface area contributed by atoms with Gasteiger partial charge in [-0.2, -0.15) is 0 Å². The largest absolute Gasteiger partial charge is 0.455 e. The molecule has 6 nitrogen and oxygen atoms in total. The van der Waals surface area contributed by atoms with Gasteiger partial charge in [-0.15, -0.1) is 23.1 Å². The fourth-order valence-corrected chi connectivity index (χ4v) is 4.07. The van der Waals surface area contributed by atoms with E-state index in [0.717, 1.165) is 21.2 Å². The summed E-state index contributed by atoms with van der Waals surface area (Å²) in [7, 11) is 0. The Morgan fingerprint density at radius 1 is 1.25 bits per heavy atom. The number of ether oxygens (including phenoxy) is 1. The first kappa shape index (κ1) is 18.5. The van der Waals surface area contributed by atoms with Crippen molar-refractivity contribution in [2.24, 2.45) is 0 Å². The molecule has 8 heteroatoms. The molecule has 4 aromatic rings. The van der Waals surface area contributed by atoms with Gasteiger partial charge in [0.1, 0.15) is 24.3 Å². The number of carbonyl (C=O) groups is 1. The Kier molecular flexibility index (Phi) is 5.59. The van der Waals surface area contributed by atoms with Crippen molar-refractivity contribution in [1.82, 2.24) is 10.1 Å². The van der Waals surface area contributed by atoms with Crippen LogP contribution < -0.4 is 0 Å². The number of nitrogens with zero attached hydrogens (tertiary/aromatic N) is 2. The highest BCUT2D eigenvalue weighted by molar-refractivity contribution is 7.98. The summed E-state index contributed by atoms with van der Waals surface area (Å²) < 4.78 is 16.1. The standard InChI is InChI=1S/C20H16N2O4S2/c1-13-9-15(26-22-13)12-28-17-6-3-2-5-16(17)20(23)25-11-14-10-24-19(21-14)18-7-4-8-27-18/h2-10H,11-12H2,1H3. The first-order valence-electron chi connectivity index (χ1n) is 8.48. The van der Waals surface area contributed by atoms with Crippen LogP contribution in [-0.4, -0.2) is 16.1 Å². The van der Waals surface area contributed by atoms with Gasteiger partial charge in [-0.1, -0.05) is 23.4 Å². The number of oxazole rings is 1. The van der Waals surface area contributed by atoms with E-state index >= 15 is 0 Å². The van der Waals surface area contributed by atoms with Crippen molar-refractivity contribution in [2.75, 3.05) is 0 Å². The van der Waals surface area contributed by atoms with Gasteiger partial charge in [-0.25, -0.2) is 9.78 Å². The van der Waals surface area contributed by atoms with Crippen molar-refractivity contribution in [3.8, 4) is 10.8 Å². The lowest BCUT2D eigenvalue weighted by Crippen LogP contribution is -2.07. The molecule has 0 saturated heterocycles. The van der Waals surface area contributed by atoms with E-state index in [-0.39, 0.29) is 6.61 Å². The van der Waals surface area contributed by atoms with E-state index in [1.54, 1.807) is 6.07 Å². The molecule has 0 atom stereocenters. The summed E-state index contributed by atoms with van der Waals surface area (Å²) in [6.45, 7) is 1.92. The SMILES string of the molecule is Cc1cc(CSc2ccccc2C(=O)OCc2coc(-c3cccs3)n2)on1. The summed E-state index contributed by atoms with van der Waals surface area (Å²) in [4.78, 5) is 18.7. The molecular formula is C20H16N2O4S2. The Bertz CT molecular complexity index is 1070. The fourth-order valence-electron chi connectivity index (χ4n) is 2.50. The highest BCUT2D eigenvalue weighted by atomic mass is 32.2. The first-order valence-corrected chi connectivity index (χ1v) is 10.3. The average molecular weight is 412 g/mol. The van der Waals surface area contributed by atoms with Crippen molar-refractivity contribution in [2.45, 2.75) is 24.2 Å². The number of rotatable bonds is 7. The van der Waals surface area contributed by atoms with Crippen molar-refractivity contribution < 1.29 is 18.5 Å². The normalized spacial score (nSPS) is 10.9. The molecule has 28 heavy (non-hydrogen) atoms. The number of carbonyl (C=O) groups excluding carboxylic acids is 1. The van der Waals surface area contributed by atoms with Crippen molar-refractivity contribution >= 4 is 29.1 Å². The number of aryl methyl sites for hydroxylation is 1. The Hall–Kier alpha value is -2.84. The topological polar surface area (TPSA) is 78.4 Å². The highest BCUT2D eigenvalue weighted by Gasteiger charge is 2.15. The maximum Gasteiger partial charge on any atom is 0.339 e. The zero-order valence-corrected chi connectivity index (χ0v) is 16.6. The van der Waals surface area contributed by atoms with Crippen LogP contribution in [0.2, 0.25) is 0 Å². The van der Waals surface area contributed by atoms with Crippen molar-refractivity contribution in [1.29, 1.82) is 0 Å². The second-order valence-electron chi connectivity index (χ2n) is 5.92. The minimum atomic E-state index is -0.405. The lowest BCUT2D eigenvalue weighted by Gasteiger charge is -2.07. The molecule has 0 spiro atoms. The van der Waals surface area contributed by atoms with Crippen LogP contribution in [0.4, 0.5) is 0 Å². The summed E-state index contributed by atoms with van der Waals surface area (Å²) >= 11 is 3.04. The molecule has 0 aliphatic carbocycles. The monoisotopic (exact) mass is 412 g/mol. The van der Waals surface area contributed by atoms with Crippen LogP contribution in [0.1, 0.15) is 27.5 Å². The Morgan fingerprint density at radius 3 is 2.93 bits per heavy atom. The summed E-state index contributed by atoms with van der Waals surface area (Å²) in [5.41, 5.74) is 1.91. The number of thioether (sulfide) groups is 1. The van der Waals surface area contributed by atoms with Gasteiger partial charge >= 0.3 is 5.97 Å². The summed E-state index contributed by atoms with van der Waals surface area (Å²) in [6, 6.07) is 13.1. The van der Waals surface area contributed by atoms with Gasteiger partial charge < -0.3 is 13.7 Å². The summed E-state index contributed by atoms with van der Waals surface area (Å²) in [5, 5.41) is 5.83. The summed E-state index contributed by atoms with van der Waals surface area (Å²) in [6.07, 6.45) is 1.51. The fraction of sp³-hybridized carbons (Fsp3) is 0.150. The minimum Gasteiger partial charge on any atom is -0.455 e. The lowest BCUT2D eigenvalue weighted by atomic mass is 10.2. The minimum absolute atomic E-state index is 0.0496. The molecule has 0 amide bonds. The number of thiophene rings is 1. The van der Waals surface area contributed by atoms with Gasteiger partial charge in [0.15, 0.2) is 0 Å². The molecule has 0 radical (unpaired) electrons. The quantitative estimate of drug-likeness (QED) is 0.299. The molecule has 0 aliphatic heterocycles. The molecule has 0 fully saturated rings. The molecule has 142 valence electrons. The van der Waals surface area contributed by atoms with Crippen LogP contribution >= 0.6 is 23.1 Å². The third-order valence-electron chi connectivity index (χ3n) is 3.79. The predicted octanol–water partition coefficient (Wildman–Crippen LogP) is 5.35. The molecule has 0 saturated carbocycles. The molecule has 3 heterocycles. The van der Waals surface area contributed by atoms with Crippen molar-refractivity contribution in [3.63, 3.8) is 0 Å². The van der Waals surface area contributed by atoms with E-state index in [2.05, 4.69) is 10.1 Å². The second kappa shape index (κ2) is 8.45. The van der Waals surface area contributed by atoms with Crippen LogP contribution in [0.3, 0.4) is 0 Å². The van der Waals surface area contributed by atoms with Crippen LogP contribution in [0.25, 0.3) is 10.8 Å². The molecule has 3 aromatic heterocycles. The Morgan fingerprint density at radius 2 is 2.14 bits per heavy atom. The lowest BCUT2D eigenvalue weighted by molar-refractivity contribution is 0.0463. The zero-order chi connectivity index (χ0) is 19.3. The number of benzene rings is 1. The van der Waals surface area contributed by atoms with E-state index in [9.17, 15) is 4.79 Å². The Balaban J connectivity index is 1.39. The number of aromatic nitrogens is 2. The van der Waals surface area contributed by atoms with E-state index in [4.69, 9.17) is 13.7 Å². The number of esters is 1. The van der Waals surface area contributed by atoms with Crippen LogP contribution in [-0.2, 0) is 17.1 Å². The second-order valence-corrected chi connectivity index (χ2v) is 7.88. The number of hydrogen-bond acceptors (Lipinski definition) is 8. The van der Waals surface area contributed by atoms with E-state index in [0.29, 0.717) is 22.9 Å². The molecule has 0 bridgehead atoms. The van der Waals surface area contributed by atoms with Gasteiger partial charge in [-0.05, 0) is 30.5 Å². The van der Waals surface area contributed by atoms with Gasteiger partial charge in [0.25, 0.3) is 0 Å². The predicted molar refractivity (Wildman–Crippen MR) is 106 cm³/mol. The van der Waals surface area contributed by atoms with Crippen molar-refractivity contribution in [3.05, 3.63) is 76.8 Å². The average Bonchev–Trinajstić information content (AvgIpc) is 3.46. The maximum absolute atomic E-state index is 12.6. The molecule has 1 aromatic carbocycles. The molecular weight excluding hydrogens is 396 g/mol. The number of hydrogen-bond donors (Lipinski definition) is 0. The van der Waals surface area contributed by atoms with Gasteiger partial charge in [-0.3, -0.25) is 0 Å². The van der Waals surface area contributed by atoms with E-state index in [1.807, 2.05) is 48.7 Å². The van der Waals surface area contributed by atoms with Gasteiger partial charge in [0.2, 0.25) is 5.89 Å². The van der Waals surface area contributed by atoms with E-state index < -0.39 is 5.97 Å². The smallest absolute Gasteiger partial charge is 0.339 e. The van der Waals surface area contributed by atoms with Gasteiger partial charge in [0, 0.05) is 11.0 Å². The zero-order valence-electron chi connectivity index (χ0n) is 15.0. The van der Waals surface area contributed by atoms with Crippen LogP contribution in [0.15, 0.2) is 67.9 Å². The highest BCUT2D eigenvalue weighted by Crippen LogP contribution is 2.28. The molecule has 0 aliphatic rings. The van der Waals surface area contributed by atoms with Gasteiger partial charge in [0.05, 0.1) is 21.9 Å². The van der Waals surface area contributed by atoms with Crippen LogP contribution in [0.5, 0.6) is 0 Å². The van der Waals surface area contributed by atoms with Crippen LogP contribution in [0, 0.1) is 6.92 Å². The third kappa shape index (κ3) is 4.35. The molecule has 4 rings (SSSR count).